The van der Waals surface area contributed by atoms with Gasteiger partial charge in [0.05, 0.1) is 0 Å². The van der Waals surface area contributed by atoms with E-state index in [0.29, 0.717) is 5.92 Å². The fourth-order valence-electron chi connectivity index (χ4n) is 1.53. The molecule has 0 amide bonds. The lowest BCUT2D eigenvalue weighted by Gasteiger charge is -2.14. The van der Waals surface area contributed by atoms with Crippen LogP contribution in [0.5, 0.6) is 0 Å². The van der Waals surface area contributed by atoms with Gasteiger partial charge in [0.25, 0.3) is 0 Å². The minimum atomic E-state index is 0.495. The summed E-state index contributed by atoms with van der Waals surface area (Å²) in [5.74, 6) is 0.495. The monoisotopic (exact) mass is 204 g/mol. The molecule has 0 N–H and O–H groups in total. The van der Waals surface area contributed by atoms with Crippen LogP contribution < -0.4 is 0 Å². The Balaban J connectivity index is 2.60. The van der Waals surface area contributed by atoms with E-state index < -0.39 is 0 Å². The largest absolute Gasteiger partial charge is 0.303 e. The molecule has 0 aromatic heterocycles. The summed E-state index contributed by atoms with van der Waals surface area (Å²) in [6.45, 7) is 4.31. The molecule has 82 valence electrons. The molecule has 15 heavy (non-hydrogen) atoms. The zero-order chi connectivity index (χ0) is 11.3. The van der Waals surface area contributed by atoms with E-state index in [9.17, 15) is 0 Å². The van der Waals surface area contributed by atoms with E-state index in [2.05, 4.69) is 49.3 Å². The van der Waals surface area contributed by atoms with Crippen LogP contribution in [0.2, 0.25) is 0 Å². The predicted molar refractivity (Wildman–Crippen MR) is 66.1 cm³/mol. The second-order valence-corrected chi connectivity index (χ2v) is 4.18. The van der Waals surface area contributed by atoms with Crippen LogP contribution in [-0.2, 0) is 6.42 Å². The molecule has 0 spiro atoms. The van der Waals surface area contributed by atoms with Crippen molar-refractivity contribution >= 4 is 5.71 Å². The summed E-state index contributed by atoms with van der Waals surface area (Å²) in [7, 11) is 3.91. The second kappa shape index (κ2) is 5.54. The van der Waals surface area contributed by atoms with Gasteiger partial charge in [-0.1, -0.05) is 37.3 Å². The van der Waals surface area contributed by atoms with Gasteiger partial charge in [0.1, 0.15) is 0 Å². The maximum atomic E-state index is 4.42. The number of rotatable bonds is 4. The van der Waals surface area contributed by atoms with Crippen molar-refractivity contribution in [2.24, 2.45) is 11.0 Å². The van der Waals surface area contributed by atoms with Crippen molar-refractivity contribution in [3.05, 3.63) is 35.9 Å². The third-order valence-electron chi connectivity index (χ3n) is 2.46. The first-order valence-corrected chi connectivity index (χ1v) is 5.36. The minimum absolute atomic E-state index is 0.495. The van der Waals surface area contributed by atoms with Crippen LogP contribution >= 0.6 is 0 Å². The summed E-state index contributed by atoms with van der Waals surface area (Å²) in [5, 5.41) is 6.28. The Labute approximate surface area is 92.6 Å². The smallest absolute Gasteiger partial charge is 0.0381 e. The van der Waals surface area contributed by atoms with Crippen LogP contribution in [0.1, 0.15) is 19.4 Å². The molecule has 0 unspecified atom stereocenters. The number of hydrogen-bond donors (Lipinski definition) is 0. The molecule has 2 nitrogen and oxygen atoms in total. The van der Waals surface area contributed by atoms with Gasteiger partial charge in [0, 0.05) is 19.8 Å². The van der Waals surface area contributed by atoms with Crippen molar-refractivity contribution in [2.45, 2.75) is 20.3 Å². The van der Waals surface area contributed by atoms with Crippen LogP contribution in [0.3, 0.4) is 0 Å². The topological polar surface area (TPSA) is 15.6 Å². The molecule has 2 heteroatoms. The number of hydrazone groups is 1. The van der Waals surface area contributed by atoms with Gasteiger partial charge in [-0.25, -0.2) is 0 Å². The summed E-state index contributed by atoms with van der Waals surface area (Å²) in [5.41, 5.74) is 2.56. The average Bonchev–Trinajstić information content (AvgIpc) is 2.18. The van der Waals surface area contributed by atoms with E-state index >= 15 is 0 Å². The molecule has 0 aliphatic rings. The summed E-state index contributed by atoms with van der Waals surface area (Å²) >= 11 is 0. The van der Waals surface area contributed by atoms with Gasteiger partial charge in [0.15, 0.2) is 0 Å². The molecular formula is C13H20N2. The average molecular weight is 204 g/mol. The van der Waals surface area contributed by atoms with E-state index in [4.69, 9.17) is 0 Å². The number of nitrogens with zero attached hydrogens (tertiary/aromatic N) is 2. The molecule has 1 atom stereocenters. The summed E-state index contributed by atoms with van der Waals surface area (Å²) < 4.78 is 0. The van der Waals surface area contributed by atoms with Crippen molar-refractivity contribution in [3.8, 4) is 0 Å². The Morgan fingerprint density at radius 2 is 1.87 bits per heavy atom. The molecule has 1 aromatic rings. The second-order valence-electron chi connectivity index (χ2n) is 4.18. The molecular weight excluding hydrogens is 184 g/mol. The summed E-state index contributed by atoms with van der Waals surface area (Å²) in [4.78, 5) is 0. The van der Waals surface area contributed by atoms with E-state index in [1.165, 1.54) is 11.3 Å². The first-order valence-electron chi connectivity index (χ1n) is 5.36. The molecule has 1 rings (SSSR count). The Morgan fingerprint density at radius 3 is 2.40 bits per heavy atom. The van der Waals surface area contributed by atoms with E-state index in [1.54, 1.807) is 0 Å². The van der Waals surface area contributed by atoms with E-state index in [-0.39, 0.29) is 0 Å². The van der Waals surface area contributed by atoms with Crippen LogP contribution in [0, 0.1) is 5.92 Å². The minimum Gasteiger partial charge on any atom is -0.303 e. The van der Waals surface area contributed by atoms with E-state index in [0.717, 1.165) is 6.42 Å². The highest BCUT2D eigenvalue weighted by Crippen LogP contribution is 2.10. The van der Waals surface area contributed by atoms with Gasteiger partial charge in [-0.2, -0.15) is 5.10 Å². The normalized spacial score (nSPS) is 13.7. The van der Waals surface area contributed by atoms with Gasteiger partial charge >= 0.3 is 0 Å². The number of benzene rings is 1. The lowest BCUT2D eigenvalue weighted by molar-refractivity contribution is 0.432. The fourth-order valence-corrected chi connectivity index (χ4v) is 1.53. The quantitative estimate of drug-likeness (QED) is 0.544. The fraction of sp³-hybridized carbons (Fsp3) is 0.462. The third kappa shape index (κ3) is 4.15. The van der Waals surface area contributed by atoms with Crippen LogP contribution in [-0.4, -0.2) is 24.8 Å². The van der Waals surface area contributed by atoms with E-state index in [1.807, 2.05) is 19.1 Å². The molecule has 0 bridgehead atoms. The maximum absolute atomic E-state index is 4.42. The molecule has 0 fully saturated rings. The molecule has 1 aromatic carbocycles. The SMILES string of the molecule is C/C(=N\N(C)C)[C@@H](C)Cc1ccccc1. The van der Waals surface area contributed by atoms with Crippen LogP contribution in [0.25, 0.3) is 0 Å². The highest BCUT2D eigenvalue weighted by molar-refractivity contribution is 5.84. The highest BCUT2D eigenvalue weighted by atomic mass is 15.4. The van der Waals surface area contributed by atoms with Crippen molar-refractivity contribution < 1.29 is 0 Å². The lowest BCUT2D eigenvalue weighted by atomic mass is 9.97. The Kier molecular flexibility index (Phi) is 4.35. The van der Waals surface area contributed by atoms with Crippen LogP contribution in [0.15, 0.2) is 35.4 Å². The molecule has 0 heterocycles. The first-order chi connectivity index (χ1) is 7.09. The van der Waals surface area contributed by atoms with Crippen molar-refractivity contribution in [1.82, 2.24) is 5.01 Å². The van der Waals surface area contributed by atoms with Gasteiger partial charge in [-0.3, -0.25) is 0 Å². The predicted octanol–water partition coefficient (Wildman–Crippen LogP) is 2.80. The van der Waals surface area contributed by atoms with Gasteiger partial charge < -0.3 is 5.01 Å². The molecule has 0 aliphatic heterocycles. The standard InChI is InChI=1S/C13H20N2/c1-11(12(2)14-15(3)4)10-13-8-6-5-7-9-13/h5-9,11H,10H2,1-4H3/b14-12+/t11-/m0/s1. The first kappa shape index (κ1) is 11.8. The molecule has 0 aliphatic carbocycles. The summed E-state index contributed by atoms with van der Waals surface area (Å²) in [6, 6.07) is 10.6. The molecule has 0 radical (unpaired) electrons. The zero-order valence-electron chi connectivity index (χ0n) is 10.1. The van der Waals surface area contributed by atoms with Gasteiger partial charge in [-0.15, -0.1) is 0 Å². The Bertz CT molecular complexity index is 315. The van der Waals surface area contributed by atoms with Gasteiger partial charge in [-0.05, 0) is 24.8 Å². The lowest BCUT2D eigenvalue weighted by Crippen LogP contribution is -2.15. The Hall–Kier alpha value is -1.31. The highest BCUT2D eigenvalue weighted by Gasteiger charge is 2.07. The number of hydrogen-bond acceptors (Lipinski definition) is 2. The molecule has 0 saturated carbocycles. The van der Waals surface area contributed by atoms with Crippen LogP contribution in [0.4, 0.5) is 0 Å². The molecule has 0 saturated heterocycles. The third-order valence-corrected chi connectivity index (χ3v) is 2.46. The zero-order valence-corrected chi connectivity index (χ0v) is 10.1. The van der Waals surface area contributed by atoms with Crippen molar-refractivity contribution in [3.63, 3.8) is 0 Å². The maximum Gasteiger partial charge on any atom is 0.0381 e. The Morgan fingerprint density at radius 1 is 1.27 bits per heavy atom. The summed E-state index contributed by atoms with van der Waals surface area (Å²) in [6.07, 6.45) is 1.06. The van der Waals surface area contributed by atoms with Crippen molar-refractivity contribution in [2.75, 3.05) is 14.1 Å². The van der Waals surface area contributed by atoms with Crippen molar-refractivity contribution in [1.29, 1.82) is 0 Å². The van der Waals surface area contributed by atoms with Gasteiger partial charge in [0.2, 0.25) is 0 Å².